The zero-order chi connectivity index (χ0) is 17.9. The van der Waals surface area contributed by atoms with Crippen molar-refractivity contribution < 1.29 is 9.53 Å². The summed E-state index contributed by atoms with van der Waals surface area (Å²) < 4.78 is 5.83. The summed E-state index contributed by atoms with van der Waals surface area (Å²) in [6.45, 7) is 0.428. The lowest BCUT2D eigenvalue weighted by Crippen LogP contribution is -2.26. The lowest BCUT2D eigenvalue weighted by molar-refractivity contribution is 0.0994. The molecule has 2 heterocycles. The fourth-order valence-electron chi connectivity index (χ4n) is 3.07. The summed E-state index contributed by atoms with van der Waals surface area (Å²) in [7, 11) is 0. The van der Waals surface area contributed by atoms with Crippen molar-refractivity contribution in [2.75, 3.05) is 4.90 Å². The van der Waals surface area contributed by atoms with Crippen LogP contribution < -0.4 is 9.64 Å². The van der Waals surface area contributed by atoms with Crippen molar-refractivity contribution in [2.24, 2.45) is 0 Å². The third-order valence-corrected chi connectivity index (χ3v) is 4.32. The molecule has 26 heavy (non-hydrogen) atoms. The van der Waals surface area contributed by atoms with Gasteiger partial charge in [-0.2, -0.15) is 5.26 Å². The molecule has 0 radical (unpaired) electrons. The minimum absolute atomic E-state index is 0.200. The molecule has 0 saturated heterocycles. The Labute approximate surface area is 151 Å². The third kappa shape index (κ3) is 2.78. The summed E-state index contributed by atoms with van der Waals surface area (Å²) >= 11 is 0. The van der Waals surface area contributed by atoms with Crippen molar-refractivity contribution in [3.63, 3.8) is 0 Å². The number of aromatic nitrogens is 1. The predicted molar refractivity (Wildman–Crippen MR) is 96.6 cm³/mol. The van der Waals surface area contributed by atoms with E-state index in [2.05, 4.69) is 11.1 Å². The van der Waals surface area contributed by atoms with Crippen LogP contribution in [0.4, 0.5) is 5.69 Å². The van der Waals surface area contributed by atoms with E-state index in [4.69, 9.17) is 4.74 Å². The number of rotatable bonds is 4. The Morgan fingerprint density at radius 2 is 1.96 bits per heavy atom. The fourth-order valence-corrected chi connectivity index (χ4v) is 3.07. The summed E-state index contributed by atoms with van der Waals surface area (Å²) in [5.74, 6) is 0.433. The van der Waals surface area contributed by atoms with Crippen molar-refractivity contribution >= 4 is 11.6 Å². The molecule has 1 atom stereocenters. The number of nitrogens with zero attached hydrogens (tertiary/aromatic N) is 3. The lowest BCUT2D eigenvalue weighted by Gasteiger charge is -2.19. The topological polar surface area (TPSA) is 66.2 Å². The van der Waals surface area contributed by atoms with Gasteiger partial charge in [0.1, 0.15) is 12.4 Å². The molecular formula is C21H15N3O2. The van der Waals surface area contributed by atoms with Crippen LogP contribution in [0.25, 0.3) is 0 Å². The van der Waals surface area contributed by atoms with E-state index in [0.29, 0.717) is 29.2 Å². The van der Waals surface area contributed by atoms with Gasteiger partial charge in [-0.05, 0) is 35.9 Å². The van der Waals surface area contributed by atoms with Crippen LogP contribution in [0.5, 0.6) is 5.75 Å². The van der Waals surface area contributed by atoms with Crippen LogP contribution in [0, 0.1) is 11.3 Å². The molecular weight excluding hydrogens is 326 g/mol. The Bertz CT molecular complexity index is 981. The first-order chi connectivity index (χ1) is 12.8. The highest BCUT2D eigenvalue weighted by Gasteiger charge is 2.38. The van der Waals surface area contributed by atoms with Crippen molar-refractivity contribution in [3.8, 4) is 11.8 Å². The zero-order valence-electron chi connectivity index (χ0n) is 13.9. The van der Waals surface area contributed by atoms with Crippen LogP contribution in [0.2, 0.25) is 0 Å². The van der Waals surface area contributed by atoms with Gasteiger partial charge < -0.3 is 4.74 Å². The summed E-state index contributed by atoms with van der Waals surface area (Å²) in [5.41, 5.74) is 2.84. The monoisotopic (exact) mass is 341 g/mol. The van der Waals surface area contributed by atoms with Crippen LogP contribution >= 0.6 is 0 Å². The molecule has 0 fully saturated rings. The Kier molecular flexibility index (Phi) is 4.08. The number of pyridine rings is 1. The highest BCUT2D eigenvalue weighted by Crippen LogP contribution is 2.38. The van der Waals surface area contributed by atoms with E-state index in [-0.39, 0.29) is 5.91 Å². The average molecular weight is 341 g/mol. The van der Waals surface area contributed by atoms with Crippen LogP contribution in [-0.2, 0) is 6.61 Å². The van der Waals surface area contributed by atoms with Crippen LogP contribution in [0.15, 0.2) is 73.1 Å². The predicted octanol–water partition coefficient (Wildman–Crippen LogP) is 3.89. The summed E-state index contributed by atoms with van der Waals surface area (Å²) in [5, 5.41) is 9.66. The van der Waals surface area contributed by atoms with Gasteiger partial charge in [0.2, 0.25) is 0 Å². The SMILES string of the molecule is N#CC1c2cc(OCc3ccccc3)ccc2C(=O)N1c1cccnc1. The largest absolute Gasteiger partial charge is 0.489 e. The van der Waals surface area contributed by atoms with Crippen molar-refractivity contribution in [2.45, 2.75) is 12.6 Å². The number of amides is 1. The summed E-state index contributed by atoms with van der Waals surface area (Å²) in [6, 6.07) is 20.1. The second kappa shape index (κ2) is 6.69. The maximum atomic E-state index is 12.8. The molecule has 3 aromatic rings. The molecule has 4 rings (SSSR count). The first kappa shape index (κ1) is 15.9. The summed E-state index contributed by atoms with van der Waals surface area (Å²) in [6.07, 6.45) is 3.22. The Balaban J connectivity index is 1.63. The van der Waals surface area contributed by atoms with Crippen LogP contribution in [0.1, 0.15) is 27.5 Å². The Morgan fingerprint density at radius 3 is 2.69 bits per heavy atom. The molecule has 5 nitrogen and oxygen atoms in total. The molecule has 1 aliphatic heterocycles. The molecule has 1 aromatic heterocycles. The van der Waals surface area contributed by atoms with Gasteiger partial charge in [0, 0.05) is 17.3 Å². The third-order valence-electron chi connectivity index (χ3n) is 4.32. The first-order valence-corrected chi connectivity index (χ1v) is 8.22. The highest BCUT2D eigenvalue weighted by molar-refractivity contribution is 6.11. The number of carbonyl (C=O) groups excluding carboxylic acids is 1. The van der Waals surface area contributed by atoms with Gasteiger partial charge in [0.05, 0.1) is 18.0 Å². The molecule has 5 heteroatoms. The lowest BCUT2D eigenvalue weighted by atomic mass is 10.1. The van der Waals surface area contributed by atoms with E-state index in [1.807, 2.05) is 30.3 Å². The van der Waals surface area contributed by atoms with Gasteiger partial charge in [0.25, 0.3) is 5.91 Å². The molecule has 0 N–H and O–H groups in total. The van der Waals surface area contributed by atoms with E-state index >= 15 is 0 Å². The molecule has 0 saturated carbocycles. The smallest absolute Gasteiger partial charge is 0.260 e. The number of anilines is 1. The molecule has 1 amide bonds. The van der Waals surface area contributed by atoms with Crippen molar-refractivity contribution in [3.05, 3.63) is 89.7 Å². The maximum absolute atomic E-state index is 12.8. The number of carbonyl (C=O) groups is 1. The second-order valence-electron chi connectivity index (χ2n) is 5.94. The highest BCUT2D eigenvalue weighted by atomic mass is 16.5. The molecule has 1 unspecified atom stereocenters. The van der Waals surface area contributed by atoms with Crippen LogP contribution in [-0.4, -0.2) is 10.9 Å². The second-order valence-corrected chi connectivity index (χ2v) is 5.94. The summed E-state index contributed by atoms with van der Waals surface area (Å²) in [4.78, 5) is 18.3. The number of benzene rings is 2. The minimum atomic E-state index is -0.693. The van der Waals surface area contributed by atoms with E-state index in [9.17, 15) is 10.1 Å². The average Bonchev–Trinajstić information content (AvgIpc) is 2.99. The standard InChI is InChI=1S/C21H15N3O2/c22-12-20-19-11-17(26-14-15-5-2-1-3-6-15)8-9-18(19)21(25)24(20)16-7-4-10-23-13-16/h1-11,13,20H,14H2. The molecule has 1 aliphatic rings. The molecule has 126 valence electrons. The van der Waals surface area contributed by atoms with Crippen molar-refractivity contribution in [1.29, 1.82) is 5.26 Å². The molecule has 0 bridgehead atoms. The number of hydrogen-bond donors (Lipinski definition) is 0. The van der Waals surface area contributed by atoms with E-state index in [1.54, 1.807) is 42.7 Å². The maximum Gasteiger partial charge on any atom is 0.260 e. The van der Waals surface area contributed by atoms with E-state index in [0.717, 1.165) is 5.56 Å². The van der Waals surface area contributed by atoms with Gasteiger partial charge in [-0.15, -0.1) is 0 Å². The number of hydrogen-bond acceptors (Lipinski definition) is 4. The normalized spacial score (nSPS) is 15.4. The van der Waals surface area contributed by atoms with Crippen molar-refractivity contribution in [1.82, 2.24) is 4.98 Å². The molecule has 2 aromatic carbocycles. The van der Waals surface area contributed by atoms with Gasteiger partial charge >= 0.3 is 0 Å². The van der Waals surface area contributed by atoms with Gasteiger partial charge in [-0.3, -0.25) is 14.7 Å². The zero-order valence-corrected chi connectivity index (χ0v) is 13.9. The first-order valence-electron chi connectivity index (χ1n) is 8.22. The van der Waals surface area contributed by atoms with Gasteiger partial charge in [-0.1, -0.05) is 30.3 Å². The van der Waals surface area contributed by atoms with Crippen LogP contribution in [0.3, 0.4) is 0 Å². The van der Waals surface area contributed by atoms with Gasteiger partial charge in [-0.25, -0.2) is 0 Å². The minimum Gasteiger partial charge on any atom is -0.489 e. The van der Waals surface area contributed by atoms with E-state index < -0.39 is 6.04 Å². The number of nitriles is 1. The van der Waals surface area contributed by atoms with E-state index in [1.165, 1.54) is 4.90 Å². The Hall–Kier alpha value is -3.65. The number of fused-ring (bicyclic) bond motifs is 1. The number of ether oxygens (including phenoxy) is 1. The van der Waals surface area contributed by atoms with Gasteiger partial charge in [0.15, 0.2) is 6.04 Å². The fraction of sp³-hybridized carbons (Fsp3) is 0.0952. The Morgan fingerprint density at radius 1 is 1.12 bits per heavy atom. The molecule has 0 spiro atoms. The molecule has 0 aliphatic carbocycles. The quantitative estimate of drug-likeness (QED) is 0.722.